The van der Waals surface area contributed by atoms with Gasteiger partial charge in [0.1, 0.15) is 0 Å². The second kappa shape index (κ2) is 7.21. The number of nitrogens with zero attached hydrogens (tertiary/aromatic N) is 1. The van der Waals surface area contributed by atoms with E-state index >= 15 is 0 Å². The molecule has 1 aromatic rings. The predicted molar refractivity (Wildman–Crippen MR) is 83.8 cm³/mol. The van der Waals surface area contributed by atoms with Crippen LogP contribution in [0, 0.1) is 6.92 Å². The van der Waals surface area contributed by atoms with Gasteiger partial charge in [0.15, 0.2) is 0 Å². The zero-order valence-electron chi connectivity index (χ0n) is 13.0. The van der Waals surface area contributed by atoms with E-state index in [9.17, 15) is 0 Å². The van der Waals surface area contributed by atoms with Gasteiger partial charge in [-0.05, 0) is 38.8 Å². The number of rotatable bonds is 6. The van der Waals surface area contributed by atoms with Crippen LogP contribution in [0.3, 0.4) is 0 Å². The van der Waals surface area contributed by atoms with Crippen molar-refractivity contribution in [1.29, 1.82) is 0 Å². The van der Waals surface area contributed by atoms with Crippen LogP contribution < -0.4 is 5.73 Å². The lowest BCUT2D eigenvalue weighted by atomic mass is 9.98. The van der Waals surface area contributed by atoms with E-state index in [0.717, 1.165) is 19.7 Å². The Bertz CT molecular complexity index is 398. The maximum absolute atomic E-state index is 6.46. The number of likely N-dealkylation sites (N-methyl/N-ethyl adjacent to an activating group) is 1. The molecule has 20 heavy (non-hydrogen) atoms. The lowest BCUT2D eigenvalue weighted by Crippen LogP contribution is -2.44. The lowest BCUT2D eigenvalue weighted by molar-refractivity contribution is 0.0573. The minimum Gasteiger partial charge on any atom is -0.377 e. The van der Waals surface area contributed by atoms with Gasteiger partial charge in [-0.15, -0.1) is 0 Å². The van der Waals surface area contributed by atoms with E-state index in [0.29, 0.717) is 12.1 Å². The first-order valence-electron chi connectivity index (χ1n) is 7.79. The summed E-state index contributed by atoms with van der Waals surface area (Å²) in [7, 11) is 0. The summed E-state index contributed by atoms with van der Waals surface area (Å²) in [6, 6.07) is 8.95. The maximum atomic E-state index is 6.46. The molecule has 2 rings (SSSR count). The Morgan fingerprint density at radius 1 is 1.35 bits per heavy atom. The van der Waals surface area contributed by atoms with Gasteiger partial charge in [-0.2, -0.15) is 0 Å². The fourth-order valence-corrected chi connectivity index (χ4v) is 2.93. The molecular formula is C17H28N2O. The quantitative estimate of drug-likeness (QED) is 0.868. The molecule has 0 saturated carbocycles. The minimum atomic E-state index is 0.0527. The van der Waals surface area contributed by atoms with Gasteiger partial charge in [0, 0.05) is 25.2 Å². The molecule has 3 unspecified atom stereocenters. The first kappa shape index (κ1) is 15.5. The Morgan fingerprint density at radius 3 is 2.60 bits per heavy atom. The van der Waals surface area contributed by atoms with Gasteiger partial charge >= 0.3 is 0 Å². The van der Waals surface area contributed by atoms with Gasteiger partial charge in [-0.1, -0.05) is 36.8 Å². The fourth-order valence-electron chi connectivity index (χ4n) is 2.93. The van der Waals surface area contributed by atoms with Crippen LogP contribution in [0.2, 0.25) is 0 Å². The van der Waals surface area contributed by atoms with Gasteiger partial charge in [-0.3, -0.25) is 4.90 Å². The smallest absolute Gasteiger partial charge is 0.0702 e. The summed E-state index contributed by atoms with van der Waals surface area (Å²) in [6.45, 7) is 9.46. The topological polar surface area (TPSA) is 38.5 Å². The van der Waals surface area contributed by atoms with Crippen LogP contribution in [0.4, 0.5) is 0 Å². The SMILES string of the molecule is CCN(CC1CCCO1)C(C)C(N)c1ccc(C)cc1. The summed E-state index contributed by atoms with van der Waals surface area (Å²) < 4.78 is 5.75. The monoisotopic (exact) mass is 276 g/mol. The van der Waals surface area contributed by atoms with Gasteiger partial charge in [-0.25, -0.2) is 0 Å². The van der Waals surface area contributed by atoms with E-state index in [4.69, 9.17) is 10.5 Å². The summed E-state index contributed by atoms with van der Waals surface area (Å²) in [6.07, 6.45) is 2.77. The first-order valence-corrected chi connectivity index (χ1v) is 7.79. The normalized spacial score (nSPS) is 22.1. The van der Waals surface area contributed by atoms with E-state index in [1.165, 1.54) is 24.0 Å². The van der Waals surface area contributed by atoms with Gasteiger partial charge < -0.3 is 10.5 Å². The van der Waals surface area contributed by atoms with Crippen LogP contribution in [0.25, 0.3) is 0 Å². The standard InChI is InChI=1S/C17H28N2O/c1-4-19(12-16-6-5-11-20-16)14(3)17(18)15-9-7-13(2)8-10-15/h7-10,14,16-17H,4-6,11-12,18H2,1-3H3. The van der Waals surface area contributed by atoms with Crippen molar-refractivity contribution in [3.05, 3.63) is 35.4 Å². The van der Waals surface area contributed by atoms with E-state index < -0.39 is 0 Å². The number of aryl methyl sites for hydroxylation is 1. The van der Waals surface area contributed by atoms with Crippen molar-refractivity contribution in [2.24, 2.45) is 5.73 Å². The molecular weight excluding hydrogens is 248 g/mol. The average molecular weight is 276 g/mol. The molecule has 0 amide bonds. The second-order valence-electron chi connectivity index (χ2n) is 5.90. The molecule has 0 spiro atoms. The molecule has 2 N–H and O–H groups in total. The Labute approximate surface area is 123 Å². The third-order valence-electron chi connectivity index (χ3n) is 4.43. The van der Waals surface area contributed by atoms with Crippen molar-refractivity contribution in [3.63, 3.8) is 0 Å². The lowest BCUT2D eigenvalue weighted by Gasteiger charge is -2.34. The highest BCUT2D eigenvalue weighted by Gasteiger charge is 2.25. The van der Waals surface area contributed by atoms with Crippen LogP contribution in [0.5, 0.6) is 0 Å². The number of nitrogens with two attached hydrogens (primary N) is 1. The molecule has 3 atom stereocenters. The largest absolute Gasteiger partial charge is 0.377 e. The molecule has 0 bridgehead atoms. The van der Waals surface area contributed by atoms with Gasteiger partial charge in [0.25, 0.3) is 0 Å². The van der Waals surface area contributed by atoms with Gasteiger partial charge in [0.05, 0.1) is 6.10 Å². The molecule has 3 heteroatoms. The Kier molecular flexibility index (Phi) is 5.58. The van der Waals surface area contributed by atoms with Crippen molar-refractivity contribution in [2.75, 3.05) is 19.7 Å². The van der Waals surface area contributed by atoms with E-state index in [1.807, 2.05) is 0 Å². The number of hydrogen-bond acceptors (Lipinski definition) is 3. The third kappa shape index (κ3) is 3.81. The van der Waals surface area contributed by atoms with Crippen LogP contribution >= 0.6 is 0 Å². The average Bonchev–Trinajstić information content (AvgIpc) is 2.97. The molecule has 0 radical (unpaired) electrons. The zero-order chi connectivity index (χ0) is 14.5. The van der Waals surface area contributed by atoms with Crippen molar-refractivity contribution in [1.82, 2.24) is 4.90 Å². The third-order valence-corrected chi connectivity index (χ3v) is 4.43. The molecule has 1 aliphatic heterocycles. The molecule has 0 aromatic heterocycles. The number of hydrogen-bond donors (Lipinski definition) is 1. The highest BCUT2D eigenvalue weighted by atomic mass is 16.5. The first-order chi connectivity index (χ1) is 9.61. The van der Waals surface area contributed by atoms with Crippen LogP contribution in [0.15, 0.2) is 24.3 Å². The number of benzene rings is 1. The second-order valence-corrected chi connectivity index (χ2v) is 5.90. The summed E-state index contributed by atoms with van der Waals surface area (Å²) in [5, 5.41) is 0. The number of ether oxygens (including phenoxy) is 1. The summed E-state index contributed by atoms with van der Waals surface area (Å²) in [5.74, 6) is 0. The van der Waals surface area contributed by atoms with Crippen LogP contribution in [-0.2, 0) is 4.74 Å². The molecule has 1 fully saturated rings. The fraction of sp³-hybridized carbons (Fsp3) is 0.647. The van der Waals surface area contributed by atoms with Crippen molar-refractivity contribution in [2.45, 2.75) is 51.8 Å². The van der Waals surface area contributed by atoms with E-state index in [2.05, 4.69) is 49.9 Å². The Morgan fingerprint density at radius 2 is 2.05 bits per heavy atom. The summed E-state index contributed by atoms with van der Waals surface area (Å²) in [5.41, 5.74) is 8.95. The minimum absolute atomic E-state index is 0.0527. The zero-order valence-corrected chi connectivity index (χ0v) is 13.0. The Hall–Kier alpha value is -0.900. The molecule has 1 aliphatic rings. The van der Waals surface area contributed by atoms with Crippen molar-refractivity contribution in [3.8, 4) is 0 Å². The van der Waals surface area contributed by atoms with Crippen LogP contribution in [-0.4, -0.2) is 36.7 Å². The van der Waals surface area contributed by atoms with E-state index in [-0.39, 0.29) is 6.04 Å². The predicted octanol–water partition coefficient (Wildman–Crippen LogP) is 2.88. The highest BCUT2D eigenvalue weighted by Crippen LogP contribution is 2.21. The molecule has 3 nitrogen and oxygen atoms in total. The van der Waals surface area contributed by atoms with Gasteiger partial charge in [0.2, 0.25) is 0 Å². The summed E-state index contributed by atoms with van der Waals surface area (Å²) >= 11 is 0. The Balaban J connectivity index is 1.99. The summed E-state index contributed by atoms with van der Waals surface area (Å²) in [4.78, 5) is 2.44. The molecule has 0 aliphatic carbocycles. The van der Waals surface area contributed by atoms with E-state index in [1.54, 1.807) is 0 Å². The van der Waals surface area contributed by atoms with Crippen LogP contribution in [0.1, 0.15) is 43.9 Å². The highest BCUT2D eigenvalue weighted by molar-refractivity contribution is 5.24. The van der Waals surface area contributed by atoms with Crippen molar-refractivity contribution < 1.29 is 4.74 Å². The molecule has 1 saturated heterocycles. The molecule has 1 heterocycles. The molecule has 112 valence electrons. The maximum Gasteiger partial charge on any atom is 0.0702 e. The van der Waals surface area contributed by atoms with Crippen molar-refractivity contribution >= 4 is 0 Å². The molecule has 1 aromatic carbocycles.